The molecule has 4 atom stereocenters. The van der Waals surface area contributed by atoms with Crippen molar-refractivity contribution < 1.29 is 29.7 Å². The zero-order valence-corrected chi connectivity index (χ0v) is 15.6. The molecule has 3 rings (SSSR count). The lowest BCUT2D eigenvalue weighted by Crippen LogP contribution is -2.32. The summed E-state index contributed by atoms with van der Waals surface area (Å²) < 4.78 is 7.24. The maximum absolute atomic E-state index is 11.3. The van der Waals surface area contributed by atoms with Gasteiger partial charge in [-0.05, 0) is 13.3 Å². The van der Waals surface area contributed by atoms with E-state index < -0.39 is 30.3 Å². The number of aliphatic hydroxyl groups excluding tert-OH is 3. The first-order chi connectivity index (χ1) is 11.9. The van der Waals surface area contributed by atoms with Gasteiger partial charge in [-0.3, -0.25) is 5.41 Å². The fraction of sp³-hybridized carbons (Fsp3) is 0.571. The van der Waals surface area contributed by atoms with Crippen LogP contribution in [0.5, 0.6) is 0 Å². The van der Waals surface area contributed by atoms with E-state index in [4.69, 9.17) is 15.0 Å². The SMILES string of the molecule is Br.CCOC(=O)COn1cnc2c(ncn2[C@@H]2C[C@H](O)[C@@H](O)[C@H]2O)c1=N. The van der Waals surface area contributed by atoms with Crippen LogP contribution in [0.2, 0.25) is 0 Å². The number of nitrogens with one attached hydrogen (secondary N) is 1. The number of ether oxygens (including phenoxy) is 1. The molecule has 0 aliphatic heterocycles. The summed E-state index contributed by atoms with van der Waals surface area (Å²) in [4.78, 5) is 24.7. The van der Waals surface area contributed by atoms with Crippen molar-refractivity contribution in [2.45, 2.75) is 37.7 Å². The number of esters is 1. The van der Waals surface area contributed by atoms with Crippen LogP contribution in [-0.2, 0) is 9.53 Å². The molecule has 11 nitrogen and oxygen atoms in total. The van der Waals surface area contributed by atoms with Gasteiger partial charge >= 0.3 is 5.97 Å². The maximum atomic E-state index is 11.3. The third-order valence-corrected chi connectivity index (χ3v) is 4.10. The van der Waals surface area contributed by atoms with E-state index in [-0.39, 0.29) is 47.6 Å². The number of hydrogen-bond acceptors (Lipinski definition) is 9. The van der Waals surface area contributed by atoms with Gasteiger partial charge in [0.15, 0.2) is 16.7 Å². The molecule has 0 saturated heterocycles. The number of rotatable bonds is 5. The monoisotopic (exact) mass is 433 g/mol. The summed E-state index contributed by atoms with van der Waals surface area (Å²) >= 11 is 0. The van der Waals surface area contributed by atoms with Crippen molar-refractivity contribution in [3.05, 3.63) is 18.1 Å². The molecule has 0 aromatic carbocycles. The van der Waals surface area contributed by atoms with Crippen LogP contribution >= 0.6 is 17.0 Å². The van der Waals surface area contributed by atoms with E-state index in [1.54, 1.807) is 6.92 Å². The molecule has 0 amide bonds. The summed E-state index contributed by atoms with van der Waals surface area (Å²) in [7, 11) is 0. The van der Waals surface area contributed by atoms with Crippen LogP contribution in [0.1, 0.15) is 19.4 Å². The average molecular weight is 434 g/mol. The first-order valence-corrected chi connectivity index (χ1v) is 7.76. The van der Waals surface area contributed by atoms with Crippen molar-refractivity contribution in [1.29, 1.82) is 5.41 Å². The van der Waals surface area contributed by atoms with Crippen molar-refractivity contribution >= 4 is 34.1 Å². The Bertz CT molecular complexity index is 839. The van der Waals surface area contributed by atoms with Gasteiger partial charge in [-0.15, -0.1) is 17.0 Å². The topological polar surface area (TPSA) is 156 Å². The molecule has 2 heterocycles. The number of carbonyl (C=O) groups is 1. The minimum Gasteiger partial charge on any atom is -0.463 e. The van der Waals surface area contributed by atoms with E-state index in [1.807, 2.05) is 0 Å². The standard InChI is InChI=1S/C14H19N5O6.BrH/c1-2-24-9(21)4-25-19-6-17-14-10(13(19)15)16-5-18(14)7-3-8(20)12(23)11(7)22;/h5-8,11-12,15,20,22-23H,2-4H2,1H3;1H/t7-,8+,11+,12-;/m1./s1. The lowest BCUT2D eigenvalue weighted by atomic mass is 10.2. The predicted octanol–water partition coefficient (Wildman–Crippen LogP) is -1.69. The Morgan fingerprint density at radius 3 is 2.65 bits per heavy atom. The molecule has 1 fully saturated rings. The Kier molecular flexibility index (Phi) is 6.34. The van der Waals surface area contributed by atoms with E-state index in [1.165, 1.54) is 17.2 Å². The minimum absolute atomic E-state index is 0. The molecule has 144 valence electrons. The Morgan fingerprint density at radius 1 is 1.31 bits per heavy atom. The lowest BCUT2D eigenvalue weighted by Gasteiger charge is -2.17. The number of hydrogen-bond donors (Lipinski definition) is 4. The second-order valence-corrected chi connectivity index (χ2v) is 5.67. The van der Waals surface area contributed by atoms with Gasteiger partial charge in [-0.2, -0.15) is 4.73 Å². The van der Waals surface area contributed by atoms with E-state index in [0.29, 0.717) is 5.65 Å². The molecule has 1 aliphatic carbocycles. The highest BCUT2D eigenvalue weighted by Gasteiger charge is 2.42. The molecular weight excluding hydrogens is 414 g/mol. The smallest absolute Gasteiger partial charge is 0.346 e. The summed E-state index contributed by atoms with van der Waals surface area (Å²) in [6.45, 7) is 1.52. The molecule has 4 N–H and O–H groups in total. The van der Waals surface area contributed by atoms with Crippen LogP contribution < -0.4 is 10.3 Å². The van der Waals surface area contributed by atoms with Gasteiger partial charge in [0.2, 0.25) is 6.61 Å². The first kappa shape index (κ1) is 20.3. The molecule has 12 heteroatoms. The van der Waals surface area contributed by atoms with Crippen LogP contribution in [0.3, 0.4) is 0 Å². The Hall–Kier alpha value is -2.02. The second kappa shape index (κ2) is 8.12. The zero-order chi connectivity index (χ0) is 18.1. The van der Waals surface area contributed by atoms with Gasteiger partial charge in [0.25, 0.3) is 0 Å². The largest absolute Gasteiger partial charge is 0.463 e. The first-order valence-electron chi connectivity index (χ1n) is 7.76. The molecule has 2 aromatic heterocycles. The van der Waals surface area contributed by atoms with Gasteiger partial charge in [0, 0.05) is 0 Å². The number of aliphatic hydroxyl groups is 3. The molecule has 0 unspecified atom stereocenters. The molecule has 0 bridgehead atoms. The zero-order valence-electron chi connectivity index (χ0n) is 13.8. The summed E-state index contributed by atoms with van der Waals surface area (Å²) in [5.74, 6) is -0.572. The maximum Gasteiger partial charge on any atom is 0.346 e. The van der Waals surface area contributed by atoms with Crippen molar-refractivity contribution in [3.63, 3.8) is 0 Å². The molecule has 0 radical (unpaired) electrons. The number of aromatic nitrogens is 4. The van der Waals surface area contributed by atoms with Crippen molar-refractivity contribution in [3.8, 4) is 0 Å². The predicted molar refractivity (Wildman–Crippen MR) is 91.4 cm³/mol. The van der Waals surface area contributed by atoms with Gasteiger partial charge in [0.05, 0.1) is 25.1 Å². The van der Waals surface area contributed by atoms with E-state index in [0.717, 1.165) is 4.73 Å². The highest BCUT2D eigenvalue weighted by molar-refractivity contribution is 8.93. The van der Waals surface area contributed by atoms with Crippen LogP contribution in [0, 0.1) is 5.41 Å². The van der Waals surface area contributed by atoms with Crippen molar-refractivity contribution in [1.82, 2.24) is 19.3 Å². The summed E-state index contributed by atoms with van der Waals surface area (Å²) in [6, 6.07) is -0.613. The summed E-state index contributed by atoms with van der Waals surface area (Å²) in [6.07, 6.45) is -0.748. The molecule has 2 aromatic rings. The van der Waals surface area contributed by atoms with Crippen molar-refractivity contribution in [2.75, 3.05) is 13.2 Å². The molecule has 1 saturated carbocycles. The molecule has 26 heavy (non-hydrogen) atoms. The number of nitrogens with zero attached hydrogens (tertiary/aromatic N) is 4. The highest BCUT2D eigenvalue weighted by atomic mass is 79.9. The van der Waals surface area contributed by atoms with E-state index in [2.05, 4.69) is 9.97 Å². The van der Waals surface area contributed by atoms with Crippen LogP contribution in [0.4, 0.5) is 0 Å². The summed E-state index contributed by atoms with van der Waals surface area (Å²) in [5, 5.41) is 37.6. The van der Waals surface area contributed by atoms with Crippen molar-refractivity contribution in [2.24, 2.45) is 0 Å². The third-order valence-electron chi connectivity index (χ3n) is 4.10. The Balaban J connectivity index is 0.00000243. The van der Waals surface area contributed by atoms with Crippen LogP contribution in [-0.4, -0.2) is 72.1 Å². The van der Waals surface area contributed by atoms with Crippen LogP contribution in [0.15, 0.2) is 12.7 Å². The fourth-order valence-electron chi connectivity index (χ4n) is 2.84. The Labute approximate surface area is 158 Å². The minimum atomic E-state index is -1.25. The number of halogens is 1. The number of fused-ring (bicyclic) bond motifs is 1. The quantitative estimate of drug-likeness (QED) is 0.407. The lowest BCUT2D eigenvalue weighted by molar-refractivity contribution is -0.148. The Morgan fingerprint density at radius 2 is 2.04 bits per heavy atom. The van der Waals surface area contributed by atoms with E-state index >= 15 is 0 Å². The molecule has 0 spiro atoms. The summed E-state index contributed by atoms with van der Waals surface area (Å²) in [5.41, 5.74) is 0.349. The molecular formula is C14H20BrN5O6. The van der Waals surface area contributed by atoms with Gasteiger partial charge in [-0.25, -0.2) is 14.8 Å². The molecule has 1 aliphatic rings. The van der Waals surface area contributed by atoms with Gasteiger partial charge < -0.3 is 29.5 Å². The second-order valence-electron chi connectivity index (χ2n) is 5.67. The number of carbonyl (C=O) groups excluding carboxylic acids is 1. The van der Waals surface area contributed by atoms with E-state index in [9.17, 15) is 20.1 Å². The van der Waals surface area contributed by atoms with Crippen LogP contribution in [0.25, 0.3) is 11.2 Å². The van der Waals surface area contributed by atoms with Gasteiger partial charge in [0.1, 0.15) is 18.5 Å². The normalized spacial score (nSPS) is 25.1. The fourth-order valence-corrected chi connectivity index (χ4v) is 2.84. The highest BCUT2D eigenvalue weighted by Crippen LogP contribution is 2.32. The average Bonchev–Trinajstić information content (AvgIpc) is 3.12. The number of imidazole rings is 1. The van der Waals surface area contributed by atoms with Gasteiger partial charge in [-0.1, -0.05) is 0 Å². The third kappa shape index (κ3) is 3.58.